The van der Waals surface area contributed by atoms with E-state index in [1.807, 2.05) is 0 Å². The van der Waals surface area contributed by atoms with Gasteiger partial charge < -0.3 is 16.2 Å². The SMILES string of the molecule is NC(CO)CNCc1ccc2c(c1)CCC2. The molecule has 0 aliphatic heterocycles. The lowest BCUT2D eigenvalue weighted by Crippen LogP contribution is -2.36. The average Bonchev–Trinajstić information content (AvgIpc) is 2.76. The standard InChI is InChI=1S/C13H20N2O/c14-13(9-16)8-15-7-10-4-5-11-2-1-3-12(11)6-10/h4-6,13,15-16H,1-3,7-9,14H2. The highest BCUT2D eigenvalue weighted by Gasteiger charge is 2.10. The minimum absolute atomic E-state index is 0.0389. The van der Waals surface area contributed by atoms with E-state index < -0.39 is 0 Å². The first-order valence-corrected chi connectivity index (χ1v) is 5.97. The number of benzene rings is 1. The van der Waals surface area contributed by atoms with E-state index in [2.05, 4.69) is 23.5 Å². The summed E-state index contributed by atoms with van der Waals surface area (Å²) in [6, 6.07) is 6.56. The lowest BCUT2D eigenvalue weighted by atomic mass is 10.1. The number of hydrogen-bond acceptors (Lipinski definition) is 3. The molecule has 3 heteroatoms. The van der Waals surface area contributed by atoms with Crippen molar-refractivity contribution in [3.05, 3.63) is 34.9 Å². The van der Waals surface area contributed by atoms with Crippen LogP contribution in [0.3, 0.4) is 0 Å². The molecule has 3 nitrogen and oxygen atoms in total. The second kappa shape index (κ2) is 5.43. The summed E-state index contributed by atoms with van der Waals surface area (Å²) in [4.78, 5) is 0. The van der Waals surface area contributed by atoms with Crippen LogP contribution in [0.25, 0.3) is 0 Å². The fourth-order valence-electron chi connectivity index (χ4n) is 2.20. The normalized spacial score (nSPS) is 16.1. The smallest absolute Gasteiger partial charge is 0.0594 e. The maximum atomic E-state index is 8.79. The molecule has 1 aromatic carbocycles. The molecular weight excluding hydrogens is 200 g/mol. The monoisotopic (exact) mass is 220 g/mol. The molecule has 0 amide bonds. The fraction of sp³-hybridized carbons (Fsp3) is 0.538. The van der Waals surface area contributed by atoms with Gasteiger partial charge in [-0.25, -0.2) is 0 Å². The third-order valence-corrected chi connectivity index (χ3v) is 3.13. The van der Waals surface area contributed by atoms with E-state index in [0.717, 1.165) is 6.54 Å². The Morgan fingerprint density at radius 1 is 1.31 bits per heavy atom. The Balaban J connectivity index is 1.86. The molecule has 1 aromatic rings. The number of rotatable bonds is 5. The predicted molar refractivity (Wildman–Crippen MR) is 65.2 cm³/mol. The van der Waals surface area contributed by atoms with Crippen LogP contribution in [-0.2, 0) is 19.4 Å². The highest BCUT2D eigenvalue weighted by Crippen LogP contribution is 2.22. The van der Waals surface area contributed by atoms with Crippen LogP contribution < -0.4 is 11.1 Å². The van der Waals surface area contributed by atoms with Gasteiger partial charge in [0.15, 0.2) is 0 Å². The molecule has 1 atom stereocenters. The van der Waals surface area contributed by atoms with Gasteiger partial charge in [0, 0.05) is 19.1 Å². The van der Waals surface area contributed by atoms with Crippen molar-refractivity contribution >= 4 is 0 Å². The number of nitrogens with two attached hydrogens (primary N) is 1. The Kier molecular flexibility index (Phi) is 3.93. The van der Waals surface area contributed by atoms with Crippen LogP contribution in [0.2, 0.25) is 0 Å². The van der Waals surface area contributed by atoms with Crippen LogP contribution in [-0.4, -0.2) is 24.3 Å². The van der Waals surface area contributed by atoms with Gasteiger partial charge >= 0.3 is 0 Å². The molecule has 0 spiro atoms. The largest absolute Gasteiger partial charge is 0.395 e. The Morgan fingerprint density at radius 3 is 2.94 bits per heavy atom. The van der Waals surface area contributed by atoms with Crippen LogP contribution in [0, 0.1) is 0 Å². The second-order valence-electron chi connectivity index (χ2n) is 4.53. The van der Waals surface area contributed by atoms with Gasteiger partial charge in [0.05, 0.1) is 6.61 Å². The molecular formula is C13H20N2O. The van der Waals surface area contributed by atoms with Gasteiger partial charge in [-0.05, 0) is 36.0 Å². The van der Waals surface area contributed by atoms with E-state index in [4.69, 9.17) is 10.8 Å². The fourth-order valence-corrected chi connectivity index (χ4v) is 2.20. The molecule has 4 N–H and O–H groups in total. The molecule has 0 bridgehead atoms. The van der Waals surface area contributed by atoms with Gasteiger partial charge in [0.25, 0.3) is 0 Å². The maximum Gasteiger partial charge on any atom is 0.0594 e. The van der Waals surface area contributed by atoms with E-state index in [0.29, 0.717) is 6.54 Å². The number of aliphatic hydroxyl groups excluding tert-OH is 1. The number of aryl methyl sites for hydroxylation is 2. The number of fused-ring (bicyclic) bond motifs is 1. The zero-order valence-corrected chi connectivity index (χ0v) is 9.58. The molecule has 0 radical (unpaired) electrons. The minimum Gasteiger partial charge on any atom is -0.395 e. The summed E-state index contributed by atoms with van der Waals surface area (Å²) in [6.07, 6.45) is 3.75. The summed E-state index contributed by atoms with van der Waals surface area (Å²) in [5.74, 6) is 0. The third-order valence-electron chi connectivity index (χ3n) is 3.13. The molecule has 1 unspecified atom stereocenters. The van der Waals surface area contributed by atoms with Crippen molar-refractivity contribution in [2.75, 3.05) is 13.2 Å². The summed E-state index contributed by atoms with van der Waals surface area (Å²) in [5, 5.41) is 12.1. The summed E-state index contributed by atoms with van der Waals surface area (Å²) < 4.78 is 0. The van der Waals surface area contributed by atoms with Gasteiger partial charge in [-0.3, -0.25) is 0 Å². The molecule has 0 heterocycles. The number of aliphatic hydroxyl groups is 1. The molecule has 1 aliphatic carbocycles. The van der Waals surface area contributed by atoms with Crippen molar-refractivity contribution in [2.45, 2.75) is 31.8 Å². The molecule has 0 saturated carbocycles. The van der Waals surface area contributed by atoms with Crippen molar-refractivity contribution in [3.8, 4) is 0 Å². The van der Waals surface area contributed by atoms with Gasteiger partial charge in [0.1, 0.15) is 0 Å². The highest BCUT2D eigenvalue weighted by atomic mass is 16.3. The van der Waals surface area contributed by atoms with Crippen molar-refractivity contribution < 1.29 is 5.11 Å². The molecule has 0 fully saturated rings. The first-order chi connectivity index (χ1) is 7.79. The van der Waals surface area contributed by atoms with Crippen molar-refractivity contribution in [1.29, 1.82) is 0 Å². The van der Waals surface area contributed by atoms with E-state index in [-0.39, 0.29) is 12.6 Å². The summed E-state index contributed by atoms with van der Waals surface area (Å²) in [7, 11) is 0. The van der Waals surface area contributed by atoms with Gasteiger partial charge in [-0.2, -0.15) is 0 Å². The minimum atomic E-state index is -0.158. The van der Waals surface area contributed by atoms with Crippen LogP contribution in [0.5, 0.6) is 0 Å². The predicted octanol–water partition coefficient (Wildman–Crippen LogP) is 0.585. The molecule has 16 heavy (non-hydrogen) atoms. The Bertz CT molecular complexity index is 352. The van der Waals surface area contributed by atoms with Gasteiger partial charge in [-0.1, -0.05) is 18.2 Å². The van der Waals surface area contributed by atoms with E-state index in [1.165, 1.54) is 36.0 Å². The molecule has 2 rings (SSSR count). The average molecular weight is 220 g/mol. The quantitative estimate of drug-likeness (QED) is 0.680. The van der Waals surface area contributed by atoms with Crippen molar-refractivity contribution in [2.24, 2.45) is 5.73 Å². The summed E-state index contributed by atoms with van der Waals surface area (Å²) >= 11 is 0. The Hall–Kier alpha value is -0.900. The van der Waals surface area contributed by atoms with Gasteiger partial charge in [-0.15, -0.1) is 0 Å². The first-order valence-electron chi connectivity index (χ1n) is 5.97. The summed E-state index contributed by atoms with van der Waals surface area (Å²) in [6.45, 7) is 1.53. The lowest BCUT2D eigenvalue weighted by Gasteiger charge is -2.10. The van der Waals surface area contributed by atoms with Crippen molar-refractivity contribution in [1.82, 2.24) is 5.32 Å². The number of nitrogens with one attached hydrogen (secondary N) is 1. The van der Waals surface area contributed by atoms with E-state index >= 15 is 0 Å². The van der Waals surface area contributed by atoms with Crippen LogP contribution in [0.1, 0.15) is 23.1 Å². The zero-order chi connectivity index (χ0) is 11.4. The van der Waals surface area contributed by atoms with Crippen LogP contribution >= 0.6 is 0 Å². The van der Waals surface area contributed by atoms with Gasteiger partial charge in [0.2, 0.25) is 0 Å². The second-order valence-corrected chi connectivity index (χ2v) is 4.53. The van der Waals surface area contributed by atoms with Crippen LogP contribution in [0.15, 0.2) is 18.2 Å². The molecule has 1 aliphatic rings. The topological polar surface area (TPSA) is 58.3 Å². The Labute approximate surface area is 96.7 Å². The van der Waals surface area contributed by atoms with E-state index in [1.54, 1.807) is 0 Å². The number of hydrogen-bond donors (Lipinski definition) is 3. The third kappa shape index (κ3) is 2.82. The summed E-state index contributed by atoms with van der Waals surface area (Å²) in [5.41, 5.74) is 9.94. The highest BCUT2D eigenvalue weighted by molar-refractivity contribution is 5.35. The maximum absolute atomic E-state index is 8.79. The molecule has 0 aromatic heterocycles. The van der Waals surface area contributed by atoms with Crippen molar-refractivity contribution in [3.63, 3.8) is 0 Å². The zero-order valence-electron chi connectivity index (χ0n) is 9.58. The van der Waals surface area contributed by atoms with Crippen LogP contribution in [0.4, 0.5) is 0 Å². The molecule has 88 valence electrons. The first kappa shape index (κ1) is 11.6. The molecule has 0 saturated heterocycles. The Morgan fingerprint density at radius 2 is 2.12 bits per heavy atom. The van der Waals surface area contributed by atoms with E-state index in [9.17, 15) is 0 Å². The lowest BCUT2D eigenvalue weighted by molar-refractivity contribution is 0.262.